The van der Waals surface area contributed by atoms with Crippen LogP contribution in [0.25, 0.3) is 0 Å². The maximum absolute atomic E-state index is 3.42. The molecular formula is C15H25N. The van der Waals surface area contributed by atoms with Gasteiger partial charge >= 0.3 is 0 Å². The lowest BCUT2D eigenvalue weighted by Gasteiger charge is -2.15. The third kappa shape index (κ3) is 5.32. The molecule has 0 amide bonds. The number of hydrogen-bond donors (Lipinski definition) is 1. The molecule has 1 aromatic carbocycles. The van der Waals surface area contributed by atoms with Gasteiger partial charge in [0.05, 0.1) is 0 Å². The Kier molecular flexibility index (Phi) is 6.91. The normalized spacial score (nSPS) is 12.6. The average molecular weight is 219 g/mol. The molecule has 1 heteroatoms. The van der Waals surface area contributed by atoms with Crippen LogP contribution in [0.1, 0.15) is 44.6 Å². The van der Waals surface area contributed by atoms with Crippen molar-refractivity contribution < 1.29 is 0 Å². The molecule has 0 aliphatic carbocycles. The topological polar surface area (TPSA) is 12.0 Å². The van der Waals surface area contributed by atoms with Crippen LogP contribution in [0.4, 0.5) is 0 Å². The Balaban J connectivity index is 2.18. The Morgan fingerprint density at radius 3 is 2.38 bits per heavy atom. The van der Waals surface area contributed by atoms with E-state index in [4.69, 9.17) is 0 Å². The smallest absolute Gasteiger partial charge is 0.00641 e. The van der Waals surface area contributed by atoms with Crippen molar-refractivity contribution in [1.82, 2.24) is 5.32 Å². The number of unbranched alkanes of at least 4 members (excludes halogenated alkanes) is 1. The summed E-state index contributed by atoms with van der Waals surface area (Å²) in [5, 5.41) is 3.42. The van der Waals surface area contributed by atoms with E-state index in [0.717, 1.165) is 0 Å². The van der Waals surface area contributed by atoms with Gasteiger partial charge in [0, 0.05) is 6.04 Å². The van der Waals surface area contributed by atoms with E-state index in [2.05, 4.69) is 49.6 Å². The van der Waals surface area contributed by atoms with Crippen LogP contribution < -0.4 is 5.32 Å². The first kappa shape index (κ1) is 13.2. The van der Waals surface area contributed by atoms with Gasteiger partial charge in [-0.2, -0.15) is 0 Å². The summed E-state index contributed by atoms with van der Waals surface area (Å²) in [6.45, 7) is 2.26. The lowest BCUT2D eigenvalue weighted by molar-refractivity contribution is 0.459. The Morgan fingerprint density at radius 1 is 1.06 bits per heavy atom. The number of nitrogens with one attached hydrogen (secondary N) is 1. The average Bonchev–Trinajstić information content (AvgIpc) is 2.35. The summed E-state index contributed by atoms with van der Waals surface area (Å²) >= 11 is 0. The van der Waals surface area contributed by atoms with E-state index in [1.54, 1.807) is 0 Å². The lowest BCUT2D eigenvalue weighted by atomic mass is 10.0. The first-order chi connectivity index (χ1) is 7.86. The van der Waals surface area contributed by atoms with E-state index in [-0.39, 0.29) is 0 Å². The van der Waals surface area contributed by atoms with E-state index >= 15 is 0 Å². The van der Waals surface area contributed by atoms with Crippen LogP contribution in [-0.4, -0.2) is 13.1 Å². The standard InChI is InChI=1S/C15H25N/c1-3-4-12-15(16-2)13-8-11-14-9-6-5-7-10-14/h5-7,9-10,15-16H,3-4,8,11-13H2,1-2H3. The van der Waals surface area contributed by atoms with Crippen LogP contribution in [0.3, 0.4) is 0 Å². The molecule has 1 nitrogen and oxygen atoms in total. The van der Waals surface area contributed by atoms with Crippen LogP contribution in [0, 0.1) is 0 Å². The SMILES string of the molecule is CCCCC(CCCc1ccccc1)NC. The zero-order valence-electron chi connectivity index (χ0n) is 10.7. The molecule has 1 unspecified atom stereocenters. The van der Waals surface area contributed by atoms with Crippen molar-refractivity contribution in [3.63, 3.8) is 0 Å². The van der Waals surface area contributed by atoms with Crippen molar-refractivity contribution in [1.29, 1.82) is 0 Å². The van der Waals surface area contributed by atoms with Crippen molar-refractivity contribution in [2.24, 2.45) is 0 Å². The minimum Gasteiger partial charge on any atom is -0.317 e. The van der Waals surface area contributed by atoms with Crippen molar-refractivity contribution in [3.8, 4) is 0 Å². The van der Waals surface area contributed by atoms with E-state index in [1.165, 1.54) is 44.1 Å². The van der Waals surface area contributed by atoms with Crippen molar-refractivity contribution >= 4 is 0 Å². The molecule has 1 rings (SSSR count). The summed E-state index contributed by atoms with van der Waals surface area (Å²) in [6, 6.07) is 11.5. The fourth-order valence-electron chi connectivity index (χ4n) is 2.08. The van der Waals surface area contributed by atoms with Gasteiger partial charge in [0.1, 0.15) is 0 Å². The first-order valence-corrected chi connectivity index (χ1v) is 6.58. The molecule has 0 heterocycles. The highest BCUT2D eigenvalue weighted by Crippen LogP contribution is 2.10. The summed E-state index contributed by atoms with van der Waals surface area (Å²) in [5.41, 5.74) is 1.47. The summed E-state index contributed by atoms with van der Waals surface area (Å²) in [5.74, 6) is 0. The Morgan fingerprint density at radius 2 is 1.75 bits per heavy atom. The molecule has 0 aliphatic rings. The van der Waals surface area contributed by atoms with Gasteiger partial charge in [0.2, 0.25) is 0 Å². The van der Waals surface area contributed by atoms with Crippen molar-refractivity contribution in [2.45, 2.75) is 51.5 Å². The van der Waals surface area contributed by atoms with E-state index < -0.39 is 0 Å². The van der Waals surface area contributed by atoms with Crippen LogP contribution >= 0.6 is 0 Å². The highest BCUT2D eigenvalue weighted by Gasteiger charge is 2.04. The van der Waals surface area contributed by atoms with Gasteiger partial charge in [-0.15, -0.1) is 0 Å². The molecule has 0 aliphatic heterocycles. The summed E-state index contributed by atoms with van der Waals surface area (Å²) < 4.78 is 0. The molecule has 1 atom stereocenters. The molecule has 0 bridgehead atoms. The van der Waals surface area contributed by atoms with Crippen LogP contribution in [-0.2, 0) is 6.42 Å². The van der Waals surface area contributed by atoms with Gasteiger partial charge in [-0.3, -0.25) is 0 Å². The molecule has 16 heavy (non-hydrogen) atoms. The summed E-state index contributed by atoms with van der Waals surface area (Å²) in [7, 11) is 2.09. The second-order valence-electron chi connectivity index (χ2n) is 4.51. The lowest BCUT2D eigenvalue weighted by Crippen LogP contribution is -2.25. The minimum atomic E-state index is 0.712. The first-order valence-electron chi connectivity index (χ1n) is 6.58. The fourth-order valence-corrected chi connectivity index (χ4v) is 2.08. The second kappa shape index (κ2) is 8.35. The molecule has 0 aromatic heterocycles. The molecule has 0 fully saturated rings. The van der Waals surface area contributed by atoms with Crippen molar-refractivity contribution in [3.05, 3.63) is 35.9 Å². The zero-order chi connectivity index (χ0) is 11.6. The van der Waals surface area contributed by atoms with E-state index in [0.29, 0.717) is 6.04 Å². The van der Waals surface area contributed by atoms with Crippen LogP contribution in [0.2, 0.25) is 0 Å². The Bertz CT molecular complexity index is 255. The highest BCUT2D eigenvalue weighted by atomic mass is 14.9. The number of hydrogen-bond acceptors (Lipinski definition) is 1. The monoisotopic (exact) mass is 219 g/mol. The zero-order valence-corrected chi connectivity index (χ0v) is 10.7. The van der Waals surface area contributed by atoms with Gasteiger partial charge in [0.25, 0.3) is 0 Å². The molecule has 1 N–H and O–H groups in total. The van der Waals surface area contributed by atoms with Gasteiger partial charge in [-0.05, 0) is 38.3 Å². The maximum Gasteiger partial charge on any atom is 0.00641 e. The van der Waals surface area contributed by atoms with Crippen molar-refractivity contribution in [2.75, 3.05) is 7.05 Å². The maximum atomic E-state index is 3.42. The highest BCUT2D eigenvalue weighted by molar-refractivity contribution is 5.14. The Labute approximate surface area is 100 Å². The van der Waals surface area contributed by atoms with Gasteiger partial charge in [-0.1, -0.05) is 50.1 Å². The predicted molar refractivity (Wildman–Crippen MR) is 71.8 cm³/mol. The number of benzene rings is 1. The number of rotatable bonds is 8. The number of aryl methyl sites for hydroxylation is 1. The predicted octanol–water partition coefficient (Wildman–Crippen LogP) is 3.79. The largest absolute Gasteiger partial charge is 0.317 e. The molecule has 0 saturated heterocycles. The second-order valence-corrected chi connectivity index (χ2v) is 4.51. The minimum absolute atomic E-state index is 0.712. The van der Waals surface area contributed by atoms with Gasteiger partial charge in [0.15, 0.2) is 0 Å². The molecule has 0 spiro atoms. The molecule has 0 radical (unpaired) electrons. The summed E-state index contributed by atoms with van der Waals surface area (Å²) in [6.07, 6.45) is 7.77. The van der Waals surface area contributed by atoms with Gasteiger partial charge in [-0.25, -0.2) is 0 Å². The quantitative estimate of drug-likeness (QED) is 0.701. The Hall–Kier alpha value is -0.820. The van der Waals surface area contributed by atoms with Crippen LogP contribution in [0.5, 0.6) is 0 Å². The van der Waals surface area contributed by atoms with Crippen LogP contribution in [0.15, 0.2) is 30.3 Å². The molecular weight excluding hydrogens is 194 g/mol. The van der Waals surface area contributed by atoms with E-state index in [9.17, 15) is 0 Å². The van der Waals surface area contributed by atoms with Gasteiger partial charge < -0.3 is 5.32 Å². The fraction of sp³-hybridized carbons (Fsp3) is 0.600. The molecule has 90 valence electrons. The third-order valence-corrected chi connectivity index (χ3v) is 3.18. The molecule has 0 saturated carbocycles. The third-order valence-electron chi connectivity index (χ3n) is 3.18. The molecule has 1 aromatic rings. The van der Waals surface area contributed by atoms with E-state index in [1.807, 2.05) is 0 Å². The summed E-state index contributed by atoms with van der Waals surface area (Å²) in [4.78, 5) is 0.